The molecule has 1 saturated carbocycles. The number of halogens is 1. The largest absolute Gasteiger partial charge is 0.459 e. The van der Waals surface area contributed by atoms with Crippen molar-refractivity contribution >= 4 is 27.9 Å². The van der Waals surface area contributed by atoms with Gasteiger partial charge >= 0.3 is 12.0 Å². The van der Waals surface area contributed by atoms with E-state index in [1.54, 1.807) is 6.92 Å². The van der Waals surface area contributed by atoms with Gasteiger partial charge in [0.15, 0.2) is 0 Å². The number of esters is 1. The highest BCUT2D eigenvalue weighted by molar-refractivity contribution is 9.10. The van der Waals surface area contributed by atoms with E-state index in [9.17, 15) is 9.59 Å². The van der Waals surface area contributed by atoms with Crippen molar-refractivity contribution in [3.8, 4) is 0 Å². The maximum Gasteiger partial charge on any atom is 0.338 e. The van der Waals surface area contributed by atoms with Gasteiger partial charge in [0.2, 0.25) is 0 Å². The molecule has 6 heteroatoms. The van der Waals surface area contributed by atoms with Crippen molar-refractivity contribution in [3.05, 3.63) is 45.6 Å². The lowest BCUT2D eigenvalue weighted by molar-refractivity contribution is -0.147. The molecule has 0 radical (unpaired) electrons. The van der Waals surface area contributed by atoms with Crippen molar-refractivity contribution in [2.24, 2.45) is 11.8 Å². The fraction of sp³-hybridized carbons (Fsp3) is 0.500. The van der Waals surface area contributed by atoms with Crippen LogP contribution in [0.3, 0.4) is 0 Å². The molecular formula is C20H25BrN2O3. The third kappa shape index (κ3) is 4.11. The molecule has 4 unspecified atom stereocenters. The fourth-order valence-corrected chi connectivity index (χ4v) is 3.95. The Morgan fingerprint density at radius 3 is 2.50 bits per heavy atom. The summed E-state index contributed by atoms with van der Waals surface area (Å²) in [5.74, 6) is 0.856. The van der Waals surface area contributed by atoms with Crippen LogP contribution < -0.4 is 10.6 Å². The summed E-state index contributed by atoms with van der Waals surface area (Å²) in [6.45, 7) is 6.20. The average molecular weight is 421 g/mol. The van der Waals surface area contributed by atoms with Crippen LogP contribution in [0.15, 0.2) is 40.0 Å². The standard InChI is InChI=1S/C20H25BrN2O3/c1-11-4-9-16(10-12(11)2)26-19(24)17-13(3)22-20(25)23-18(17)14-5-7-15(21)8-6-14/h5-8,11-12,16,18H,4,9-10H2,1-3H3,(H2,22,23,25). The zero-order valence-electron chi connectivity index (χ0n) is 15.3. The highest BCUT2D eigenvalue weighted by atomic mass is 79.9. The van der Waals surface area contributed by atoms with E-state index in [-0.39, 0.29) is 18.1 Å². The minimum atomic E-state index is -0.510. The molecule has 1 aromatic carbocycles. The van der Waals surface area contributed by atoms with Gasteiger partial charge in [-0.15, -0.1) is 0 Å². The number of amides is 2. The van der Waals surface area contributed by atoms with Crippen LogP contribution in [0.1, 0.15) is 51.6 Å². The molecule has 0 bridgehead atoms. The summed E-state index contributed by atoms with van der Waals surface area (Å²) in [5, 5.41) is 5.54. The summed E-state index contributed by atoms with van der Waals surface area (Å²) in [6.07, 6.45) is 2.80. The van der Waals surface area contributed by atoms with E-state index in [2.05, 4.69) is 40.4 Å². The van der Waals surface area contributed by atoms with E-state index < -0.39 is 6.04 Å². The molecule has 1 aromatic rings. The van der Waals surface area contributed by atoms with Gasteiger partial charge in [0.05, 0.1) is 11.6 Å². The molecule has 2 amide bonds. The molecule has 26 heavy (non-hydrogen) atoms. The molecule has 0 aromatic heterocycles. The van der Waals surface area contributed by atoms with E-state index in [1.807, 2.05) is 24.3 Å². The van der Waals surface area contributed by atoms with E-state index in [0.29, 0.717) is 23.1 Å². The molecule has 3 rings (SSSR count). The van der Waals surface area contributed by atoms with Gasteiger partial charge in [-0.05, 0) is 55.7 Å². The predicted octanol–water partition coefficient (Wildman–Crippen LogP) is 4.44. The summed E-state index contributed by atoms with van der Waals surface area (Å²) in [7, 11) is 0. The summed E-state index contributed by atoms with van der Waals surface area (Å²) in [5.41, 5.74) is 1.86. The molecule has 0 spiro atoms. The van der Waals surface area contributed by atoms with Crippen LogP contribution in [-0.2, 0) is 9.53 Å². The number of benzene rings is 1. The molecule has 5 nitrogen and oxygen atoms in total. The minimum Gasteiger partial charge on any atom is -0.459 e. The van der Waals surface area contributed by atoms with Gasteiger partial charge in [-0.2, -0.15) is 0 Å². The Hall–Kier alpha value is -1.82. The number of hydrogen-bond donors (Lipinski definition) is 2. The Kier molecular flexibility index (Phi) is 5.70. The summed E-state index contributed by atoms with van der Waals surface area (Å²) in [4.78, 5) is 24.9. The molecule has 1 heterocycles. The Balaban J connectivity index is 1.82. The molecule has 1 fully saturated rings. The topological polar surface area (TPSA) is 67.4 Å². The SMILES string of the molecule is CC1=C(C(=O)OC2CCC(C)C(C)C2)C(c2ccc(Br)cc2)NC(=O)N1. The van der Waals surface area contributed by atoms with Crippen molar-refractivity contribution in [2.45, 2.75) is 52.2 Å². The zero-order chi connectivity index (χ0) is 18.8. The van der Waals surface area contributed by atoms with Crippen LogP contribution in [0.25, 0.3) is 0 Å². The fourth-order valence-electron chi connectivity index (χ4n) is 3.69. The second-order valence-electron chi connectivity index (χ2n) is 7.42. The van der Waals surface area contributed by atoms with Crippen LogP contribution in [0.5, 0.6) is 0 Å². The van der Waals surface area contributed by atoms with Crippen molar-refractivity contribution in [3.63, 3.8) is 0 Å². The highest BCUT2D eigenvalue weighted by Crippen LogP contribution is 2.33. The second kappa shape index (κ2) is 7.82. The van der Waals surface area contributed by atoms with Gasteiger partial charge in [0.1, 0.15) is 6.10 Å². The number of allylic oxidation sites excluding steroid dienone is 1. The van der Waals surface area contributed by atoms with Crippen molar-refractivity contribution in [1.29, 1.82) is 0 Å². The lowest BCUT2D eigenvalue weighted by Crippen LogP contribution is -2.45. The molecule has 1 aliphatic heterocycles. The molecule has 1 aliphatic carbocycles. The first-order valence-electron chi connectivity index (χ1n) is 9.10. The monoisotopic (exact) mass is 420 g/mol. The van der Waals surface area contributed by atoms with Crippen molar-refractivity contribution in [1.82, 2.24) is 10.6 Å². The Morgan fingerprint density at radius 1 is 1.15 bits per heavy atom. The van der Waals surface area contributed by atoms with Crippen molar-refractivity contribution < 1.29 is 14.3 Å². The average Bonchev–Trinajstić information content (AvgIpc) is 2.58. The number of nitrogens with one attached hydrogen (secondary N) is 2. The van der Waals surface area contributed by atoms with Gasteiger partial charge in [-0.1, -0.05) is 41.9 Å². The number of urea groups is 1. The van der Waals surface area contributed by atoms with Gasteiger partial charge < -0.3 is 15.4 Å². The van der Waals surface area contributed by atoms with Crippen LogP contribution in [0, 0.1) is 11.8 Å². The quantitative estimate of drug-likeness (QED) is 0.709. The predicted molar refractivity (Wildman–Crippen MR) is 103 cm³/mol. The molecule has 4 atom stereocenters. The third-order valence-electron chi connectivity index (χ3n) is 5.52. The van der Waals surface area contributed by atoms with Gasteiger partial charge in [-0.3, -0.25) is 0 Å². The van der Waals surface area contributed by atoms with E-state index in [4.69, 9.17) is 4.74 Å². The zero-order valence-corrected chi connectivity index (χ0v) is 16.9. The first-order valence-corrected chi connectivity index (χ1v) is 9.89. The highest BCUT2D eigenvalue weighted by Gasteiger charge is 2.34. The van der Waals surface area contributed by atoms with Crippen LogP contribution in [0.4, 0.5) is 4.79 Å². The van der Waals surface area contributed by atoms with Crippen LogP contribution in [-0.4, -0.2) is 18.1 Å². The maximum absolute atomic E-state index is 12.9. The Labute approximate surface area is 162 Å². The van der Waals surface area contributed by atoms with Crippen LogP contribution in [0.2, 0.25) is 0 Å². The van der Waals surface area contributed by atoms with Gasteiger partial charge in [-0.25, -0.2) is 9.59 Å². The summed E-state index contributed by atoms with van der Waals surface area (Å²) >= 11 is 3.41. The lowest BCUT2D eigenvalue weighted by Gasteiger charge is -2.33. The smallest absolute Gasteiger partial charge is 0.338 e. The number of ether oxygens (including phenoxy) is 1. The number of rotatable bonds is 3. The molecule has 0 saturated heterocycles. The molecular weight excluding hydrogens is 396 g/mol. The molecule has 2 N–H and O–H groups in total. The lowest BCUT2D eigenvalue weighted by atomic mass is 9.80. The minimum absolute atomic E-state index is 0.0582. The maximum atomic E-state index is 12.9. The number of hydrogen-bond acceptors (Lipinski definition) is 3. The number of carbonyl (C=O) groups is 2. The van der Waals surface area contributed by atoms with E-state index >= 15 is 0 Å². The van der Waals surface area contributed by atoms with E-state index in [0.717, 1.165) is 29.3 Å². The van der Waals surface area contributed by atoms with Crippen molar-refractivity contribution in [2.75, 3.05) is 0 Å². The molecule has 140 valence electrons. The number of carbonyl (C=O) groups excluding carboxylic acids is 2. The first kappa shape index (κ1) is 19.0. The van der Waals surface area contributed by atoms with Gasteiger partial charge in [0, 0.05) is 10.2 Å². The van der Waals surface area contributed by atoms with Gasteiger partial charge in [0.25, 0.3) is 0 Å². The molecule has 2 aliphatic rings. The van der Waals surface area contributed by atoms with E-state index in [1.165, 1.54) is 0 Å². The summed E-state index contributed by atoms with van der Waals surface area (Å²) in [6, 6.07) is 6.76. The third-order valence-corrected chi connectivity index (χ3v) is 6.04. The van der Waals surface area contributed by atoms with Crippen LogP contribution >= 0.6 is 15.9 Å². The summed E-state index contributed by atoms with van der Waals surface area (Å²) < 4.78 is 6.77. The Bertz CT molecular complexity index is 729. The second-order valence-corrected chi connectivity index (χ2v) is 8.33. The normalized spacial score (nSPS) is 29.0. The first-order chi connectivity index (χ1) is 12.3. The Morgan fingerprint density at radius 2 is 1.85 bits per heavy atom.